The summed E-state index contributed by atoms with van der Waals surface area (Å²) in [7, 11) is 0. The van der Waals surface area contributed by atoms with E-state index in [0.29, 0.717) is 15.7 Å². The lowest BCUT2D eigenvalue weighted by molar-refractivity contribution is -0.308. The average Bonchev–Trinajstić information content (AvgIpc) is 2.87. The number of aromatic nitrogens is 1. The Morgan fingerprint density at radius 2 is 2.17 bits per heavy atom. The Bertz CT molecular complexity index is 886. The molecule has 4 rings (SSSR count). The van der Waals surface area contributed by atoms with Gasteiger partial charge in [0.15, 0.2) is 0 Å². The minimum Gasteiger partial charge on any atom is -0.550 e. The molecule has 23 heavy (non-hydrogen) atoms. The third kappa shape index (κ3) is 2.05. The monoisotopic (exact) mass is 348 g/mol. The zero-order valence-electron chi connectivity index (χ0n) is 11.7. The number of esters is 1. The van der Waals surface area contributed by atoms with E-state index in [-0.39, 0.29) is 10.6 Å². The number of carbonyl (C=O) groups is 2. The van der Waals surface area contributed by atoms with E-state index in [1.165, 1.54) is 11.8 Å². The highest BCUT2D eigenvalue weighted by molar-refractivity contribution is 7.99. The quantitative estimate of drug-likeness (QED) is 0.634. The molecular formula is C15H10NO5S2-. The van der Waals surface area contributed by atoms with Crippen LogP contribution in [-0.4, -0.2) is 22.7 Å². The molecule has 2 aliphatic heterocycles. The second-order valence-corrected chi connectivity index (χ2v) is 7.56. The molecule has 2 aliphatic rings. The summed E-state index contributed by atoms with van der Waals surface area (Å²) in [6, 6.07) is 7.03. The van der Waals surface area contributed by atoms with Gasteiger partial charge >= 0.3 is 10.8 Å². The van der Waals surface area contributed by atoms with Crippen molar-refractivity contribution in [1.82, 2.24) is 4.98 Å². The molecule has 1 N–H and O–H groups in total. The largest absolute Gasteiger partial charge is 0.550 e. The van der Waals surface area contributed by atoms with Crippen molar-refractivity contribution in [2.45, 2.75) is 17.4 Å². The summed E-state index contributed by atoms with van der Waals surface area (Å²) in [5.41, 5.74) is -0.527. The molecule has 0 saturated heterocycles. The van der Waals surface area contributed by atoms with Crippen LogP contribution in [0.25, 0.3) is 0 Å². The van der Waals surface area contributed by atoms with E-state index < -0.39 is 29.7 Å². The molecule has 0 spiro atoms. The van der Waals surface area contributed by atoms with Gasteiger partial charge in [0.1, 0.15) is 5.75 Å². The number of rotatable bonds is 2. The van der Waals surface area contributed by atoms with Crippen LogP contribution >= 0.6 is 23.1 Å². The number of thiazole rings is 1. The third-order valence-corrected chi connectivity index (χ3v) is 6.58. The van der Waals surface area contributed by atoms with Crippen molar-refractivity contribution in [3.8, 4) is 5.75 Å². The molecule has 3 heterocycles. The Morgan fingerprint density at radius 3 is 2.96 bits per heavy atom. The summed E-state index contributed by atoms with van der Waals surface area (Å²) in [5.74, 6) is -1.77. The number of hydrogen-bond acceptors (Lipinski definition) is 7. The predicted molar refractivity (Wildman–Crippen MR) is 81.6 cm³/mol. The van der Waals surface area contributed by atoms with E-state index in [1.54, 1.807) is 24.3 Å². The van der Waals surface area contributed by atoms with Gasteiger partial charge in [0.25, 0.3) is 0 Å². The highest BCUT2D eigenvalue weighted by atomic mass is 32.2. The number of carboxylic acids is 1. The lowest BCUT2D eigenvalue weighted by atomic mass is 9.68. The molecule has 118 valence electrons. The summed E-state index contributed by atoms with van der Waals surface area (Å²) in [4.78, 5) is 38.9. The van der Waals surface area contributed by atoms with Gasteiger partial charge in [-0.05, 0) is 6.07 Å². The van der Waals surface area contributed by atoms with Crippen molar-refractivity contribution in [1.29, 1.82) is 0 Å². The first kappa shape index (κ1) is 14.5. The van der Waals surface area contributed by atoms with Gasteiger partial charge in [0.2, 0.25) is 0 Å². The fourth-order valence-corrected chi connectivity index (χ4v) is 5.82. The predicted octanol–water partition coefficient (Wildman–Crippen LogP) is 0.719. The summed E-state index contributed by atoms with van der Waals surface area (Å²) in [6.07, 6.45) is -0.441. The minimum atomic E-state index is -1.31. The zero-order chi connectivity index (χ0) is 16.2. The molecule has 2 atom stereocenters. The van der Waals surface area contributed by atoms with Crippen molar-refractivity contribution in [2.24, 2.45) is 5.41 Å². The van der Waals surface area contributed by atoms with Crippen LogP contribution in [-0.2, 0) is 9.59 Å². The van der Waals surface area contributed by atoms with Crippen LogP contribution in [0, 0.1) is 5.41 Å². The summed E-state index contributed by atoms with van der Waals surface area (Å²) >= 11 is 2.29. The second kappa shape index (κ2) is 4.97. The number of carboxylic acid groups (broad SMARTS) is 1. The van der Waals surface area contributed by atoms with E-state index in [9.17, 15) is 19.5 Å². The summed E-state index contributed by atoms with van der Waals surface area (Å²) < 4.78 is 5.40. The lowest BCUT2D eigenvalue weighted by Crippen LogP contribution is -2.50. The molecule has 0 amide bonds. The summed E-state index contributed by atoms with van der Waals surface area (Å²) in [5, 5.41) is 12.0. The molecule has 1 aromatic carbocycles. The van der Waals surface area contributed by atoms with Crippen molar-refractivity contribution >= 4 is 35.0 Å². The smallest absolute Gasteiger partial charge is 0.319 e. The number of aromatic amines is 1. The van der Waals surface area contributed by atoms with Gasteiger partial charge in [0.05, 0.1) is 10.4 Å². The Balaban J connectivity index is 2.00. The Labute approximate surface area is 138 Å². The third-order valence-electron chi connectivity index (χ3n) is 4.23. The molecule has 0 radical (unpaired) electrons. The van der Waals surface area contributed by atoms with Crippen LogP contribution in [0.2, 0.25) is 0 Å². The van der Waals surface area contributed by atoms with Crippen molar-refractivity contribution in [3.05, 3.63) is 44.4 Å². The number of H-pyrrole nitrogens is 1. The Morgan fingerprint density at radius 1 is 1.39 bits per heavy atom. The molecule has 0 bridgehead atoms. The van der Waals surface area contributed by atoms with Crippen molar-refractivity contribution < 1.29 is 19.4 Å². The first-order valence-corrected chi connectivity index (χ1v) is 8.68. The van der Waals surface area contributed by atoms with Gasteiger partial charge in [-0.2, -0.15) is 0 Å². The maximum Gasteiger partial charge on any atom is 0.319 e. The number of para-hydroxylation sites is 1. The second-order valence-electron chi connectivity index (χ2n) is 5.56. The van der Waals surface area contributed by atoms with Gasteiger partial charge in [-0.25, -0.2) is 0 Å². The van der Waals surface area contributed by atoms with E-state index in [0.717, 1.165) is 16.9 Å². The maximum atomic E-state index is 12.7. The fourth-order valence-electron chi connectivity index (χ4n) is 3.27. The number of aliphatic carboxylic acids is 1. The lowest BCUT2D eigenvalue weighted by Gasteiger charge is -2.44. The number of hydrogen-bond donors (Lipinski definition) is 1. The van der Waals surface area contributed by atoms with Gasteiger partial charge in [-0.15, -0.1) is 11.8 Å². The summed E-state index contributed by atoms with van der Waals surface area (Å²) in [6.45, 7) is 0. The van der Waals surface area contributed by atoms with Crippen molar-refractivity contribution in [2.75, 3.05) is 5.75 Å². The number of ether oxygens (including phenoxy) is 1. The first-order chi connectivity index (χ1) is 11.0. The van der Waals surface area contributed by atoms with E-state index in [1.807, 2.05) is 0 Å². The Hall–Kier alpha value is -2.06. The van der Waals surface area contributed by atoms with Crippen LogP contribution in [0.1, 0.15) is 22.8 Å². The van der Waals surface area contributed by atoms with Crippen LogP contribution in [0.3, 0.4) is 0 Å². The highest BCUT2D eigenvalue weighted by Crippen LogP contribution is 2.58. The number of fused-ring (bicyclic) bond motifs is 5. The molecule has 8 heteroatoms. The Kier molecular flexibility index (Phi) is 3.14. The molecule has 0 unspecified atom stereocenters. The molecule has 0 aliphatic carbocycles. The standard InChI is InChI=1S/C15H11NO5S2/c17-9(18)5-15-6-22-12-11(23-14(20)16-12)10(15)7-3-1-2-4-8(7)21-13(15)19/h1-4,10H,5-6H2,(H,16,20)(H,17,18)/p-1/t10-,15-/m1/s1. The molecule has 0 saturated carbocycles. The van der Waals surface area contributed by atoms with Gasteiger partial charge in [0, 0.05) is 34.5 Å². The normalized spacial score (nSPS) is 25.0. The van der Waals surface area contributed by atoms with Crippen LogP contribution in [0.4, 0.5) is 0 Å². The molecule has 6 nitrogen and oxygen atoms in total. The average molecular weight is 348 g/mol. The zero-order valence-corrected chi connectivity index (χ0v) is 13.3. The molecule has 0 fully saturated rings. The van der Waals surface area contributed by atoms with Gasteiger partial charge in [-0.1, -0.05) is 29.5 Å². The maximum absolute atomic E-state index is 12.7. The molecule has 2 aromatic rings. The number of nitrogens with one attached hydrogen (secondary N) is 1. The van der Waals surface area contributed by atoms with Gasteiger partial charge in [-0.3, -0.25) is 9.59 Å². The van der Waals surface area contributed by atoms with E-state index in [4.69, 9.17) is 4.74 Å². The topological polar surface area (TPSA) is 99.3 Å². The first-order valence-electron chi connectivity index (χ1n) is 6.88. The van der Waals surface area contributed by atoms with Crippen LogP contribution < -0.4 is 14.7 Å². The van der Waals surface area contributed by atoms with E-state index in [2.05, 4.69) is 4.98 Å². The fraction of sp³-hybridized carbons (Fsp3) is 0.267. The highest BCUT2D eigenvalue weighted by Gasteiger charge is 2.56. The van der Waals surface area contributed by atoms with Gasteiger partial charge < -0.3 is 19.6 Å². The SMILES string of the molecule is O=C([O-])C[C@@]12CSc3[nH]c(=O)sc3[C@H]1c1ccccc1OC2=O. The number of benzene rings is 1. The van der Waals surface area contributed by atoms with E-state index >= 15 is 0 Å². The minimum absolute atomic E-state index is 0.219. The molecule has 1 aromatic heterocycles. The number of thioether (sulfide) groups is 1. The number of carbonyl (C=O) groups excluding carboxylic acids is 2. The van der Waals surface area contributed by atoms with Crippen molar-refractivity contribution in [3.63, 3.8) is 0 Å². The van der Waals surface area contributed by atoms with Crippen LogP contribution in [0.5, 0.6) is 5.75 Å². The molecular weight excluding hydrogens is 338 g/mol. The van der Waals surface area contributed by atoms with Crippen LogP contribution in [0.15, 0.2) is 34.1 Å².